The Kier molecular flexibility index (Phi) is 8.95. The Morgan fingerprint density at radius 2 is 1.65 bits per heavy atom. The van der Waals surface area contributed by atoms with E-state index in [1.165, 1.54) is 11.6 Å². The number of nitriles is 1. The van der Waals surface area contributed by atoms with Gasteiger partial charge in [-0.2, -0.15) is 5.26 Å². The molecule has 0 radical (unpaired) electrons. The summed E-state index contributed by atoms with van der Waals surface area (Å²) in [4.78, 5) is 12.8. The topological polar surface area (TPSA) is 71.3 Å². The van der Waals surface area contributed by atoms with Gasteiger partial charge in [-0.3, -0.25) is 4.79 Å². The molecule has 0 bridgehead atoms. The molecule has 1 N–H and O–H groups in total. The molecule has 0 aliphatic heterocycles. The van der Waals surface area contributed by atoms with Crippen LogP contribution >= 0.6 is 47.8 Å². The fourth-order valence-electron chi connectivity index (χ4n) is 3.12. The molecule has 0 fully saturated rings. The maximum Gasteiger partial charge on any atom is 0.266 e. The van der Waals surface area contributed by atoms with Crippen LogP contribution in [-0.2, 0) is 11.4 Å². The lowest BCUT2D eigenvalue weighted by Crippen LogP contribution is -2.14. The summed E-state index contributed by atoms with van der Waals surface area (Å²) < 4.78 is 13.6. The van der Waals surface area contributed by atoms with Gasteiger partial charge in [-0.1, -0.05) is 29.8 Å². The van der Waals surface area contributed by atoms with Crippen molar-refractivity contribution < 1.29 is 14.3 Å². The van der Waals surface area contributed by atoms with Gasteiger partial charge in [0.15, 0.2) is 11.5 Å². The van der Waals surface area contributed by atoms with Crippen LogP contribution in [0.2, 0.25) is 0 Å². The second-order valence-electron chi connectivity index (χ2n) is 7.54. The molecule has 3 rings (SSSR count). The molecular weight excluding hydrogens is 628 g/mol. The van der Waals surface area contributed by atoms with Crippen LogP contribution in [0, 0.1) is 25.2 Å². The van der Waals surface area contributed by atoms with Gasteiger partial charge in [0.2, 0.25) is 0 Å². The zero-order chi connectivity index (χ0) is 24.8. The number of aryl methyl sites for hydroxylation is 2. The van der Waals surface area contributed by atoms with Crippen LogP contribution in [0.1, 0.15) is 22.3 Å². The monoisotopic (exact) mass is 646 g/mol. The van der Waals surface area contributed by atoms with Gasteiger partial charge in [-0.25, -0.2) is 0 Å². The van der Waals surface area contributed by atoms with E-state index in [1.54, 1.807) is 19.2 Å². The molecule has 34 heavy (non-hydrogen) atoms. The number of benzene rings is 3. The normalized spacial score (nSPS) is 11.0. The van der Waals surface area contributed by atoms with E-state index in [2.05, 4.69) is 53.1 Å². The predicted molar refractivity (Wildman–Crippen MR) is 145 cm³/mol. The highest BCUT2D eigenvalue weighted by molar-refractivity contribution is 9.11. The molecule has 0 spiro atoms. The van der Waals surface area contributed by atoms with Crippen LogP contribution in [0.5, 0.6) is 11.5 Å². The van der Waals surface area contributed by atoms with Gasteiger partial charge in [-0.05, 0) is 109 Å². The van der Waals surface area contributed by atoms with Gasteiger partial charge in [0.1, 0.15) is 18.2 Å². The highest BCUT2D eigenvalue weighted by Gasteiger charge is 2.16. The van der Waals surface area contributed by atoms with Crippen molar-refractivity contribution >= 4 is 65.5 Å². The Hall–Kier alpha value is -2.60. The summed E-state index contributed by atoms with van der Waals surface area (Å²) in [7, 11) is 1.54. The van der Waals surface area contributed by atoms with Gasteiger partial charge in [0.25, 0.3) is 5.91 Å². The summed E-state index contributed by atoms with van der Waals surface area (Å²) in [5, 5.41) is 12.4. The molecule has 1 amide bonds. The fourth-order valence-corrected chi connectivity index (χ4v) is 5.31. The summed E-state index contributed by atoms with van der Waals surface area (Å²) in [6.45, 7) is 4.35. The van der Waals surface area contributed by atoms with Gasteiger partial charge < -0.3 is 14.8 Å². The lowest BCUT2D eigenvalue weighted by molar-refractivity contribution is -0.112. The quantitative estimate of drug-likeness (QED) is 0.210. The lowest BCUT2D eigenvalue weighted by Gasteiger charge is -2.14. The molecule has 0 aliphatic carbocycles. The minimum Gasteiger partial charge on any atom is -0.493 e. The molecule has 3 aromatic rings. The number of ether oxygens (including phenoxy) is 2. The summed E-state index contributed by atoms with van der Waals surface area (Å²) in [6.07, 6.45) is 1.50. The van der Waals surface area contributed by atoms with Crippen molar-refractivity contribution in [3.63, 3.8) is 0 Å². The molecule has 0 saturated carbocycles. The zero-order valence-corrected chi connectivity index (χ0v) is 23.5. The first-order chi connectivity index (χ1) is 16.2. The van der Waals surface area contributed by atoms with Crippen LogP contribution < -0.4 is 14.8 Å². The van der Waals surface area contributed by atoms with Crippen molar-refractivity contribution in [2.45, 2.75) is 20.5 Å². The van der Waals surface area contributed by atoms with E-state index >= 15 is 0 Å². The predicted octanol–water partition coefficient (Wildman–Crippen LogP) is 7.72. The number of nitrogens with one attached hydrogen (secondary N) is 1. The van der Waals surface area contributed by atoms with Crippen molar-refractivity contribution in [1.82, 2.24) is 0 Å². The molecule has 0 saturated heterocycles. The number of anilines is 1. The number of halogens is 3. The molecule has 0 aromatic heterocycles. The van der Waals surface area contributed by atoms with Crippen LogP contribution in [0.25, 0.3) is 6.08 Å². The van der Waals surface area contributed by atoms with Crippen molar-refractivity contribution in [3.05, 3.63) is 89.8 Å². The summed E-state index contributed by atoms with van der Waals surface area (Å²) in [5.74, 6) is 0.493. The number of amides is 1. The number of carbonyl (C=O) groups is 1. The molecule has 0 unspecified atom stereocenters. The van der Waals surface area contributed by atoms with Gasteiger partial charge >= 0.3 is 0 Å². The molecule has 0 aliphatic rings. The van der Waals surface area contributed by atoms with E-state index in [9.17, 15) is 10.1 Å². The smallest absolute Gasteiger partial charge is 0.266 e. The number of hydrogen-bond acceptors (Lipinski definition) is 4. The molecule has 8 heteroatoms. The van der Waals surface area contributed by atoms with E-state index in [4.69, 9.17) is 9.47 Å². The Balaban J connectivity index is 1.84. The Bertz CT molecular complexity index is 1270. The first-order valence-corrected chi connectivity index (χ1v) is 12.5. The van der Waals surface area contributed by atoms with Crippen LogP contribution in [0.4, 0.5) is 5.69 Å². The van der Waals surface area contributed by atoms with Crippen molar-refractivity contribution in [2.24, 2.45) is 0 Å². The summed E-state index contributed by atoms with van der Waals surface area (Å²) in [6, 6.07) is 17.3. The van der Waals surface area contributed by atoms with E-state index in [1.807, 2.05) is 56.3 Å². The third-order valence-electron chi connectivity index (χ3n) is 4.86. The zero-order valence-electron chi connectivity index (χ0n) is 18.7. The minimum atomic E-state index is -0.525. The maximum atomic E-state index is 12.8. The fraction of sp³-hybridized carbons (Fsp3) is 0.154. The number of methoxy groups -OCH3 is 1. The molecule has 174 valence electrons. The molecular formula is C26H21Br3N2O3. The first kappa shape index (κ1) is 26.0. The van der Waals surface area contributed by atoms with E-state index in [0.717, 1.165) is 11.1 Å². The SMILES string of the molecule is COc1cc(/C=C(\C#N)C(=O)Nc2c(Br)cc(C)cc2Br)cc(Br)c1OCc1ccc(C)cc1. The summed E-state index contributed by atoms with van der Waals surface area (Å²) in [5.41, 5.74) is 4.34. The van der Waals surface area contributed by atoms with Crippen molar-refractivity contribution in [3.8, 4) is 17.6 Å². The molecule has 0 atom stereocenters. The minimum absolute atomic E-state index is 0.0540. The second kappa shape index (κ2) is 11.7. The van der Waals surface area contributed by atoms with Gasteiger partial charge in [-0.15, -0.1) is 0 Å². The number of rotatable bonds is 7. The standard InChI is InChI=1S/C26H21Br3N2O3/c1-15-4-6-17(7-5-15)14-34-25-22(29)11-18(12-23(25)33-3)10-19(13-30)26(32)31-24-20(27)8-16(2)9-21(24)28/h4-12H,14H2,1-3H3,(H,31,32)/b19-10+. The number of hydrogen-bond donors (Lipinski definition) is 1. The second-order valence-corrected chi connectivity index (χ2v) is 10.1. The molecule has 0 heterocycles. The third kappa shape index (κ3) is 6.50. The van der Waals surface area contributed by atoms with Gasteiger partial charge in [0, 0.05) is 8.95 Å². The maximum absolute atomic E-state index is 12.8. The average Bonchev–Trinajstić information content (AvgIpc) is 2.79. The Labute approximate surface area is 224 Å². The highest BCUT2D eigenvalue weighted by Crippen LogP contribution is 2.38. The van der Waals surface area contributed by atoms with Crippen LogP contribution in [0.3, 0.4) is 0 Å². The third-order valence-corrected chi connectivity index (χ3v) is 6.70. The largest absolute Gasteiger partial charge is 0.493 e. The first-order valence-electron chi connectivity index (χ1n) is 10.2. The van der Waals surface area contributed by atoms with Crippen molar-refractivity contribution in [2.75, 3.05) is 12.4 Å². The molecule has 5 nitrogen and oxygen atoms in total. The van der Waals surface area contributed by atoms with E-state index < -0.39 is 5.91 Å². The Morgan fingerprint density at radius 3 is 2.24 bits per heavy atom. The number of carbonyl (C=O) groups excluding carboxylic acids is 1. The molecule has 3 aromatic carbocycles. The summed E-state index contributed by atoms with van der Waals surface area (Å²) >= 11 is 10.4. The highest BCUT2D eigenvalue weighted by atomic mass is 79.9. The Morgan fingerprint density at radius 1 is 1.00 bits per heavy atom. The van der Waals surface area contributed by atoms with Crippen molar-refractivity contribution in [1.29, 1.82) is 5.26 Å². The number of nitrogens with zero attached hydrogens (tertiary/aromatic N) is 1. The van der Waals surface area contributed by atoms with E-state index in [0.29, 0.717) is 42.8 Å². The average molecular weight is 649 g/mol. The van der Waals surface area contributed by atoms with Gasteiger partial charge in [0.05, 0.1) is 17.3 Å². The van der Waals surface area contributed by atoms with Crippen LogP contribution in [-0.4, -0.2) is 13.0 Å². The van der Waals surface area contributed by atoms with Crippen LogP contribution in [0.15, 0.2) is 67.5 Å². The lowest BCUT2D eigenvalue weighted by atomic mass is 10.1. The van der Waals surface area contributed by atoms with E-state index in [-0.39, 0.29) is 5.57 Å².